The lowest BCUT2D eigenvalue weighted by atomic mass is 9.96. The van der Waals surface area contributed by atoms with Crippen LogP contribution < -0.4 is 21.7 Å². The second kappa shape index (κ2) is 14.5. The highest BCUT2D eigenvalue weighted by molar-refractivity contribution is 5.95. The Bertz CT molecular complexity index is 1140. The second-order valence-corrected chi connectivity index (χ2v) is 9.19. The Morgan fingerprint density at radius 2 is 1.59 bits per heavy atom. The number of nitrogens with zero attached hydrogens (tertiary/aromatic N) is 1. The summed E-state index contributed by atoms with van der Waals surface area (Å²) in [4.78, 5) is 68.4. The highest BCUT2D eigenvalue weighted by Gasteiger charge is 2.33. The summed E-state index contributed by atoms with van der Waals surface area (Å²) in [5.74, 6) is -5.39. The smallest absolute Gasteiger partial charge is 0.326 e. The summed E-state index contributed by atoms with van der Waals surface area (Å²) in [6.45, 7) is 3.49. The van der Waals surface area contributed by atoms with Crippen molar-refractivity contribution < 1.29 is 39.3 Å². The van der Waals surface area contributed by atoms with Gasteiger partial charge in [-0.25, -0.2) is 9.78 Å². The number of H-pyrrole nitrogens is 1. The number of imidazole rings is 1. The number of hydrogen-bond acceptors (Lipinski definition) is 8. The van der Waals surface area contributed by atoms with E-state index in [1.54, 1.807) is 13.8 Å². The van der Waals surface area contributed by atoms with Gasteiger partial charge in [0, 0.05) is 24.7 Å². The third kappa shape index (κ3) is 9.74. The normalized spacial score (nSPS) is 14.7. The first-order valence-corrected chi connectivity index (χ1v) is 12.3. The zero-order valence-corrected chi connectivity index (χ0v) is 21.6. The number of aromatic hydroxyl groups is 1. The largest absolute Gasteiger partial charge is 0.508 e. The van der Waals surface area contributed by atoms with Crippen LogP contribution in [0.4, 0.5) is 0 Å². The molecule has 0 saturated carbocycles. The van der Waals surface area contributed by atoms with Crippen molar-refractivity contribution in [3.63, 3.8) is 0 Å². The summed E-state index contributed by atoms with van der Waals surface area (Å²) >= 11 is 0. The third-order valence-electron chi connectivity index (χ3n) is 6.13. The third-order valence-corrected chi connectivity index (χ3v) is 6.13. The van der Waals surface area contributed by atoms with Crippen LogP contribution in [0.2, 0.25) is 0 Å². The molecule has 9 N–H and O–H groups in total. The number of aromatic nitrogens is 2. The Labute approximate surface area is 224 Å². The molecule has 0 fully saturated rings. The molecule has 0 aliphatic carbocycles. The molecule has 5 atom stereocenters. The van der Waals surface area contributed by atoms with Crippen LogP contribution in [0, 0.1) is 5.92 Å². The van der Waals surface area contributed by atoms with Gasteiger partial charge >= 0.3 is 11.9 Å². The summed E-state index contributed by atoms with van der Waals surface area (Å²) in [7, 11) is 0. The fraction of sp³-hybridized carbons (Fsp3) is 0.440. The molecule has 212 valence electrons. The van der Waals surface area contributed by atoms with E-state index in [1.165, 1.54) is 36.8 Å². The van der Waals surface area contributed by atoms with Crippen molar-refractivity contribution in [2.75, 3.05) is 0 Å². The fourth-order valence-corrected chi connectivity index (χ4v) is 3.67. The molecule has 2 aromatic rings. The van der Waals surface area contributed by atoms with Crippen molar-refractivity contribution in [3.8, 4) is 5.75 Å². The summed E-state index contributed by atoms with van der Waals surface area (Å²) in [6.07, 6.45) is 2.47. The topological polar surface area (TPSA) is 237 Å². The zero-order valence-electron chi connectivity index (χ0n) is 21.6. The number of aliphatic carboxylic acids is 2. The van der Waals surface area contributed by atoms with E-state index in [-0.39, 0.29) is 18.6 Å². The van der Waals surface area contributed by atoms with Crippen molar-refractivity contribution >= 4 is 29.7 Å². The molecule has 14 nitrogen and oxygen atoms in total. The van der Waals surface area contributed by atoms with E-state index < -0.39 is 66.2 Å². The number of carboxylic acid groups (broad SMARTS) is 2. The molecule has 14 heteroatoms. The average Bonchev–Trinajstić information content (AvgIpc) is 3.39. The van der Waals surface area contributed by atoms with Crippen LogP contribution in [0.15, 0.2) is 36.8 Å². The van der Waals surface area contributed by atoms with Gasteiger partial charge in [-0.05, 0) is 23.6 Å². The van der Waals surface area contributed by atoms with E-state index in [2.05, 4.69) is 25.9 Å². The molecular formula is C25H34N6O8. The lowest BCUT2D eigenvalue weighted by Gasteiger charge is -2.28. The highest BCUT2D eigenvalue weighted by Crippen LogP contribution is 2.14. The van der Waals surface area contributed by atoms with E-state index in [0.717, 1.165) is 0 Å². The number of nitrogens with two attached hydrogens (primary N) is 1. The highest BCUT2D eigenvalue weighted by atomic mass is 16.4. The Morgan fingerprint density at radius 1 is 0.949 bits per heavy atom. The first kappa shape index (κ1) is 30.8. The Morgan fingerprint density at radius 3 is 2.13 bits per heavy atom. The van der Waals surface area contributed by atoms with Crippen molar-refractivity contribution in [2.24, 2.45) is 11.7 Å². The average molecular weight is 547 g/mol. The molecule has 0 radical (unpaired) electrons. The summed E-state index contributed by atoms with van der Waals surface area (Å²) in [5.41, 5.74) is 6.69. The fourth-order valence-electron chi connectivity index (χ4n) is 3.67. The number of phenols is 1. The first-order valence-electron chi connectivity index (χ1n) is 12.3. The number of carbonyl (C=O) groups excluding carboxylic acids is 3. The van der Waals surface area contributed by atoms with Crippen LogP contribution in [-0.2, 0) is 36.8 Å². The number of phenolic OH excluding ortho intramolecular Hbond substituents is 1. The maximum atomic E-state index is 13.4. The molecule has 5 unspecified atom stereocenters. The molecule has 1 aromatic heterocycles. The molecule has 0 aliphatic rings. The lowest BCUT2D eigenvalue weighted by molar-refractivity contribution is -0.142. The van der Waals surface area contributed by atoms with Crippen LogP contribution in [0.5, 0.6) is 5.75 Å². The molecule has 0 aliphatic heterocycles. The maximum absolute atomic E-state index is 13.4. The maximum Gasteiger partial charge on any atom is 0.326 e. The van der Waals surface area contributed by atoms with E-state index >= 15 is 0 Å². The minimum atomic E-state index is -1.43. The number of carboxylic acids is 2. The predicted molar refractivity (Wildman–Crippen MR) is 137 cm³/mol. The van der Waals surface area contributed by atoms with E-state index in [1.807, 2.05) is 0 Å². The van der Waals surface area contributed by atoms with Crippen molar-refractivity contribution in [2.45, 2.75) is 63.7 Å². The van der Waals surface area contributed by atoms with Crippen molar-refractivity contribution in [3.05, 3.63) is 48.0 Å². The molecule has 1 heterocycles. The molecule has 0 spiro atoms. The van der Waals surface area contributed by atoms with Crippen LogP contribution in [0.25, 0.3) is 0 Å². The number of aromatic amines is 1. The summed E-state index contributed by atoms with van der Waals surface area (Å²) in [6, 6.07) is 0.704. The van der Waals surface area contributed by atoms with Crippen LogP contribution in [0.1, 0.15) is 37.9 Å². The minimum Gasteiger partial charge on any atom is -0.508 e. The zero-order chi connectivity index (χ0) is 29.1. The number of rotatable bonds is 15. The van der Waals surface area contributed by atoms with Gasteiger partial charge < -0.3 is 42.0 Å². The minimum absolute atomic E-state index is 0.0103. The van der Waals surface area contributed by atoms with E-state index in [9.17, 15) is 34.2 Å². The second-order valence-electron chi connectivity index (χ2n) is 9.19. The molecule has 3 amide bonds. The van der Waals surface area contributed by atoms with Crippen molar-refractivity contribution in [1.82, 2.24) is 25.9 Å². The number of carbonyl (C=O) groups is 5. The van der Waals surface area contributed by atoms with Gasteiger partial charge in [0.25, 0.3) is 0 Å². The van der Waals surface area contributed by atoms with E-state index in [0.29, 0.717) is 17.7 Å². The van der Waals surface area contributed by atoms with E-state index in [4.69, 9.17) is 10.8 Å². The van der Waals surface area contributed by atoms with Crippen LogP contribution >= 0.6 is 0 Å². The van der Waals surface area contributed by atoms with Gasteiger partial charge in [-0.1, -0.05) is 32.4 Å². The number of benzene rings is 1. The number of nitrogens with one attached hydrogen (secondary N) is 4. The predicted octanol–water partition coefficient (Wildman–Crippen LogP) is -0.712. The molecular weight excluding hydrogens is 512 g/mol. The first-order chi connectivity index (χ1) is 18.4. The number of hydrogen-bond donors (Lipinski definition) is 8. The van der Waals surface area contributed by atoms with Crippen molar-refractivity contribution in [1.29, 1.82) is 0 Å². The quantitative estimate of drug-likeness (QED) is 0.140. The van der Waals surface area contributed by atoms with Crippen LogP contribution in [-0.4, -0.2) is 79.1 Å². The molecule has 0 saturated heterocycles. The van der Waals surface area contributed by atoms with Gasteiger partial charge in [-0.2, -0.15) is 0 Å². The Balaban J connectivity index is 2.24. The SMILES string of the molecule is CCC(C)C(NC(=O)C(Cc1ccc(O)cc1)NC(=O)C(N)CC(=O)O)C(=O)NC(Cc1cnc[nH]1)C(=O)O. The van der Waals surface area contributed by atoms with Gasteiger partial charge in [0.1, 0.15) is 23.9 Å². The summed E-state index contributed by atoms with van der Waals surface area (Å²) in [5, 5.41) is 35.6. The monoisotopic (exact) mass is 546 g/mol. The Kier molecular flexibility index (Phi) is 11.4. The molecule has 1 aromatic carbocycles. The summed E-state index contributed by atoms with van der Waals surface area (Å²) < 4.78 is 0. The molecule has 39 heavy (non-hydrogen) atoms. The van der Waals surface area contributed by atoms with Gasteiger partial charge in [0.15, 0.2) is 0 Å². The van der Waals surface area contributed by atoms with Gasteiger partial charge in [0.2, 0.25) is 17.7 Å². The van der Waals surface area contributed by atoms with Gasteiger partial charge in [-0.3, -0.25) is 19.2 Å². The standard InChI is InChI=1S/C25H34N6O8/c1-3-13(2)21(24(37)30-19(25(38)39)9-15-11-27-12-28-15)31-23(36)18(8-14-4-6-16(32)7-5-14)29-22(35)17(26)10-20(33)34/h4-7,11-13,17-19,21,32H,3,8-10,26H2,1-2H3,(H,27,28)(H,29,35)(H,30,37)(H,31,36)(H,33,34)(H,38,39). The number of amides is 3. The lowest BCUT2D eigenvalue weighted by Crippen LogP contribution is -2.59. The van der Waals surface area contributed by atoms with Crippen LogP contribution in [0.3, 0.4) is 0 Å². The Hall–Kier alpha value is -4.46. The molecule has 0 bridgehead atoms. The van der Waals surface area contributed by atoms with Gasteiger partial charge in [0.05, 0.1) is 18.8 Å². The van der Waals surface area contributed by atoms with Gasteiger partial charge in [-0.15, -0.1) is 0 Å². The molecule has 2 rings (SSSR count).